The van der Waals surface area contributed by atoms with E-state index in [0.717, 1.165) is 16.7 Å². The lowest BCUT2D eigenvalue weighted by molar-refractivity contribution is -0.385. The molecule has 0 heterocycles. The van der Waals surface area contributed by atoms with Crippen molar-refractivity contribution in [3.05, 3.63) is 70.3 Å². The lowest BCUT2D eigenvalue weighted by Crippen LogP contribution is -2.16. The van der Waals surface area contributed by atoms with Crippen LogP contribution in [-0.2, 0) is 4.79 Å². The number of para-hydroxylation sites is 1. The first-order valence-electron chi connectivity index (χ1n) is 7.58. The van der Waals surface area contributed by atoms with E-state index in [0.29, 0.717) is 11.3 Å². The van der Waals surface area contributed by atoms with E-state index in [1.165, 1.54) is 23.1 Å². The zero-order chi connectivity index (χ0) is 19.1. The predicted octanol–water partition coefficient (Wildman–Crippen LogP) is 4.02. The standard InChI is InChI=1S/C18H17N3O4S/c1-20(2)18(23)26-15-10-8-14(9-11-15)19-17(22)12-7-13-5-3-4-6-16(13)21(24)25/h3-12H,1-2H3,(H,19,22)/b12-7+. The Labute approximate surface area is 154 Å². The van der Waals surface area contributed by atoms with Crippen molar-refractivity contribution in [3.8, 4) is 0 Å². The summed E-state index contributed by atoms with van der Waals surface area (Å²) in [4.78, 5) is 36.3. The van der Waals surface area contributed by atoms with Gasteiger partial charge in [-0.05, 0) is 48.2 Å². The lowest BCUT2D eigenvalue weighted by Gasteiger charge is -2.09. The molecule has 0 saturated heterocycles. The van der Waals surface area contributed by atoms with Crippen LogP contribution in [0.3, 0.4) is 0 Å². The molecule has 0 aliphatic heterocycles. The number of rotatable bonds is 5. The van der Waals surface area contributed by atoms with Crippen LogP contribution in [0.1, 0.15) is 5.56 Å². The molecule has 0 unspecified atom stereocenters. The van der Waals surface area contributed by atoms with E-state index < -0.39 is 10.8 Å². The highest BCUT2D eigenvalue weighted by Gasteiger charge is 2.10. The first kappa shape index (κ1) is 19.2. The van der Waals surface area contributed by atoms with Crippen LogP contribution in [0.2, 0.25) is 0 Å². The van der Waals surface area contributed by atoms with Crippen molar-refractivity contribution < 1.29 is 14.5 Å². The van der Waals surface area contributed by atoms with Crippen LogP contribution in [0.15, 0.2) is 59.5 Å². The minimum atomic E-state index is -0.497. The molecule has 0 saturated carbocycles. The molecule has 0 radical (unpaired) electrons. The van der Waals surface area contributed by atoms with Gasteiger partial charge in [-0.3, -0.25) is 19.7 Å². The second-order valence-corrected chi connectivity index (χ2v) is 6.45. The van der Waals surface area contributed by atoms with Crippen LogP contribution in [0.4, 0.5) is 16.2 Å². The average molecular weight is 371 g/mol. The number of amides is 2. The molecule has 1 N–H and O–H groups in total. The Kier molecular flexibility index (Phi) is 6.51. The molecular weight excluding hydrogens is 354 g/mol. The van der Waals surface area contributed by atoms with E-state index >= 15 is 0 Å². The van der Waals surface area contributed by atoms with Crippen molar-refractivity contribution in [2.75, 3.05) is 19.4 Å². The molecule has 134 valence electrons. The van der Waals surface area contributed by atoms with E-state index in [4.69, 9.17) is 0 Å². The molecule has 26 heavy (non-hydrogen) atoms. The summed E-state index contributed by atoms with van der Waals surface area (Å²) < 4.78 is 0. The smallest absolute Gasteiger partial charge is 0.285 e. The minimum Gasteiger partial charge on any atom is -0.339 e. The van der Waals surface area contributed by atoms with Crippen LogP contribution in [0.5, 0.6) is 0 Å². The van der Waals surface area contributed by atoms with Crippen molar-refractivity contribution in [1.29, 1.82) is 0 Å². The second kappa shape index (κ2) is 8.82. The number of thioether (sulfide) groups is 1. The molecule has 2 rings (SSSR count). The quantitative estimate of drug-likeness (QED) is 0.371. The Balaban J connectivity index is 2.00. The summed E-state index contributed by atoms with van der Waals surface area (Å²) in [6.45, 7) is 0. The summed E-state index contributed by atoms with van der Waals surface area (Å²) in [7, 11) is 3.35. The van der Waals surface area contributed by atoms with Crippen molar-refractivity contribution in [1.82, 2.24) is 4.90 Å². The number of hydrogen-bond acceptors (Lipinski definition) is 5. The SMILES string of the molecule is CN(C)C(=O)Sc1ccc(NC(=O)/C=C/c2ccccc2[N+](=O)[O-])cc1. The first-order valence-corrected chi connectivity index (χ1v) is 8.40. The first-order chi connectivity index (χ1) is 12.4. The molecule has 0 aliphatic rings. The molecule has 0 bridgehead atoms. The summed E-state index contributed by atoms with van der Waals surface area (Å²) in [6, 6.07) is 13.0. The molecule has 2 amide bonds. The average Bonchev–Trinajstić information content (AvgIpc) is 2.61. The summed E-state index contributed by atoms with van der Waals surface area (Å²) in [5.41, 5.74) is 0.842. The molecule has 2 aromatic carbocycles. The van der Waals surface area contributed by atoms with Gasteiger partial charge in [-0.15, -0.1) is 0 Å². The third kappa shape index (κ3) is 5.45. The predicted molar refractivity (Wildman–Crippen MR) is 102 cm³/mol. The Morgan fingerprint density at radius 2 is 1.77 bits per heavy atom. The van der Waals surface area contributed by atoms with Gasteiger partial charge in [0.2, 0.25) is 5.91 Å². The minimum absolute atomic E-state index is 0.0662. The fourth-order valence-corrected chi connectivity index (χ4v) is 2.60. The monoisotopic (exact) mass is 371 g/mol. The summed E-state index contributed by atoms with van der Waals surface area (Å²) >= 11 is 1.09. The Morgan fingerprint density at radius 3 is 2.38 bits per heavy atom. The maximum Gasteiger partial charge on any atom is 0.285 e. The molecule has 0 atom stereocenters. The Morgan fingerprint density at radius 1 is 1.12 bits per heavy atom. The number of anilines is 1. The zero-order valence-corrected chi connectivity index (χ0v) is 15.0. The summed E-state index contributed by atoms with van der Waals surface area (Å²) in [6.07, 6.45) is 2.63. The van der Waals surface area contributed by atoms with Crippen LogP contribution in [-0.4, -0.2) is 35.1 Å². The molecule has 8 heteroatoms. The van der Waals surface area contributed by atoms with Crippen molar-refractivity contribution in [3.63, 3.8) is 0 Å². The molecule has 2 aromatic rings. The molecule has 0 fully saturated rings. The fraction of sp³-hybridized carbons (Fsp3) is 0.111. The van der Waals surface area contributed by atoms with Crippen molar-refractivity contribution in [2.24, 2.45) is 0 Å². The third-order valence-electron chi connectivity index (χ3n) is 3.24. The van der Waals surface area contributed by atoms with Crippen LogP contribution in [0.25, 0.3) is 6.08 Å². The van der Waals surface area contributed by atoms with Crippen LogP contribution >= 0.6 is 11.8 Å². The van der Waals surface area contributed by atoms with Gasteiger partial charge in [-0.1, -0.05) is 12.1 Å². The van der Waals surface area contributed by atoms with E-state index in [1.807, 2.05) is 0 Å². The number of carbonyl (C=O) groups is 2. The lowest BCUT2D eigenvalue weighted by atomic mass is 10.1. The molecule has 0 spiro atoms. The molecule has 0 aromatic heterocycles. The van der Waals surface area contributed by atoms with E-state index in [2.05, 4.69) is 5.32 Å². The Bertz CT molecular complexity index is 848. The third-order valence-corrected chi connectivity index (χ3v) is 4.29. The van der Waals surface area contributed by atoms with E-state index in [1.54, 1.807) is 56.6 Å². The number of benzene rings is 2. The Hall–Kier alpha value is -3.13. The number of nitrogens with one attached hydrogen (secondary N) is 1. The van der Waals surface area contributed by atoms with Crippen LogP contribution in [0, 0.1) is 10.1 Å². The number of nitro benzene ring substituents is 1. The number of hydrogen-bond donors (Lipinski definition) is 1. The van der Waals surface area contributed by atoms with E-state index in [-0.39, 0.29) is 10.9 Å². The normalized spacial score (nSPS) is 10.5. The van der Waals surface area contributed by atoms with Crippen molar-refractivity contribution in [2.45, 2.75) is 4.90 Å². The summed E-state index contributed by atoms with van der Waals surface area (Å²) in [5, 5.41) is 13.5. The highest BCUT2D eigenvalue weighted by molar-refractivity contribution is 8.13. The van der Waals surface area contributed by atoms with Gasteiger partial charge in [0.25, 0.3) is 10.9 Å². The van der Waals surface area contributed by atoms with Gasteiger partial charge >= 0.3 is 0 Å². The van der Waals surface area contributed by atoms with E-state index in [9.17, 15) is 19.7 Å². The highest BCUT2D eigenvalue weighted by atomic mass is 32.2. The van der Waals surface area contributed by atoms with Crippen LogP contribution < -0.4 is 5.32 Å². The van der Waals surface area contributed by atoms with Gasteiger partial charge in [-0.2, -0.15) is 0 Å². The highest BCUT2D eigenvalue weighted by Crippen LogP contribution is 2.22. The molecule has 7 nitrogen and oxygen atoms in total. The molecular formula is C18H17N3O4S. The topological polar surface area (TPSA) is 92.6 Å². The fourth-order valence-electron chi connectivity index (χ4n) is 1.94. The van der Waals surface area contributed by atoms with Crippen molar-refractivity contribution >= 4 is 40.4 Å². The van der Waals surface area contributed by atoms with Gasteiger partial charge in [0, 0.05) is 36.8 Å². The second-order valence-electron chi connectivity index (χ2n) is 5.43. The van der Waals surface area contributed by atoms with Gasteiger partial charge in [-0.25, -0.2) is 0 Å². The van der Waals surface area contributed by atoms with Gasteiger partial charge in [0.15, 0.2) is 0 Å². The number of carbonyl (C=O) groups excluding carboxylic acids is 2. The number of nitro groups is 1. The zero-order valence-electron chi connectivity index (χ0n) is 14.2. The maximum atomic E-state index is 12.0. The van der Waals surface area contributed by atoms with Gasteiger partial charge in [0.1, 0.15) is 0 Å². The van der Waals surface area contributed by atoms with Gasteiger partial charge < -0.3 is 10.2 Å². The summed E-state index contributed by atoms with van der Waals surface area (Å²) in [5.74, 6) is -0.409. The largest absolute Gasteiger partial charge is 0.339 e. The number of nitrogens with zero attached hydrogens (tertiary/aromatic N) is 2. The molecule has 0 aliphatic carbocycles. The van der Waals surface area contributed by atoms with Gasteiger partial charge in [0.05, 0.1) is 10.5 Å². The maximum absolute atomic E-state index is 12.0.